The Morgan fingerprint density at radius 1 is 0.846 bits per heavy atom. The lowest BCUT2D eigenvalue weighted by atomic mass is 10.1. The summed E-state index contributed by atoms with van der Waals surface area (Å²) in [5.74, 6) is -0.00552. The molecule has 0 aliphatic heterocycles. The molecule has 2 aromatic carbocycles. The van der Waals surface area contributed by atoms with Crippen molar-refractivity contribution in [1.29, 1.82) is 0 Å². The molecule has 0 bridgehead atoms. The number of carbonyl (C=O) groups excluding carboxylic acids is 2. The molecule has 2 N–H and O–H groups in total. The third kappa shape index (κ3) is 4.94. The third-order valence-electron chi connectivity index (χ3n) is 3.71. The Bertz CT molecular complexity index is 892. The lowest BCUT2D eigenvalue weighted by molar-refractivity contribution is 0.104. The molecule has 0 aliphatic carbocycles. The number of amides is 2. The van der Waals surface area contributed by atoms with Crippen molar-refractivity contribution >= 4 is 34.8 Å². The molecule has 3 rings (SSSR count). The number of hydrogen-bond donors (Lipinski definition) is 2. The second kappa shape index (κ2) is 8.65. The Balaban J connectivity index is 1.49. The Morgan fingerprint density at radius 2 is 1.54 bits per heavy atom. The van der Waals surface area contributed by atoms with Crippen LogP contribution < -0.4 is 10.6 Å². The highest BCUT2D eigenvalue weighted by atomic mass is 35.5. The van der Waals surface area contributed by atoms with Gasteiger partial charge in [0.1, 0.15) is 0 Å². The van der Waals surface area contributed by atoms with E-state index in [1.165, 1.54) is 11.3 Å². The maximum atomic E-state index is 12.4. The highest BCUT2D eigenvalue weighted by molar-refractivity contribution is 7.14. The van der Waals surface area contributed by atoms with E-state index in [0.717, 1.165) is 10.4 Å². The molecule has 0 radical (unpaired) electrons. The zero-order valence-electron chi connectivity index (χ0n) is 13.9. The molecular formula is C20H17ClN2O2S. The van der Waals surface area contributed by atoms with E-state index in [4.69, 9.17) is 11.6 Å². The van der Waals surface area contributed by atoms with Gasteiger partial charge in [-0.3, -0.25) is 4.79 Å². The zero-order chi connectivity index (χ0) is 18.4. The number of benzene rings is 2. The van der Waals surface area contributed by atoms with Gasteiger partial charge in [-0.2, -0.15) is 0 Å². The van der Waals surface area contributed by atoms with E-state index in [2.05, 4.69) is 10.6 Å². The number of rotatable bonds is 6. The smallest absolute Gasteiger partial charge is 0.315 e. The van der Waals surface area contributed by atoms with Gasteiger partial charge in [0.05, 0.1) is 11.4 Å². The lowest BCUT2D eigenvalue weighted by Crippen LogP contribution is -2.34. The average Bonchev–Trinajstić information content (AvgIpc) is 3.15. The van der Waals surface area contributed by atoms with Crippen LogP contribution in [0.1, 0.15) is 25.7 Å². The topological polar surface area (TPSA) is 58.2 Å². The summed E-state index contributed by atoms with van der Waals surface area (Å²) >= 11 is 7.22. The molecule has 1 heterocycles. The fourth-order valence-electron chi connectivity index (χ4n) is 2.34. The second-order valence-electron chi connectivity index (χ2n) is 5.62. The molecule has 0 atom stereocenters. The minimum absolute atomic E-state index is 0.00552. The minimum atomic E-state index is -0.260. The van der Waals surface area contributed by atoms with Gasteiger partial charge in [0.15, 0.2) is 0 Å². The monoisotopic (exact) mass is 384 g/mol. The van der Waals surface area contributed by atoms with E-state index in [1.54, 1.807) is 30.3 Å². The van der Waals surface area contributed by atoms with Gasteiger partial charge in [0.2, 0.25) is 5.78 Å². The molecule has 0 fully saturated rings. The molecule has 132 valence electrons. The van der Waals surface area contributed by atoms with Crippen molar-refractivity contribution in [1.82, 2.24) is 10.6 Å². The Kier molecular flexibility index (Phi) is 6.04. The van der Waals surface area contributed by atoms with Gasteiger partial charge >= 0.3 is 6.03 Å². The lowest BCUT2D eigenvalue weighted by Gasteiger charge is -2.07. The largest absolute Gasteiger partial charge is 0.334 e. The second-order valence-corrected chi connectivity index (χ2v) is 7.23. The van der Waals surface area contributed by atoms with E-state index in [1.807, 2.05) is 36.4 Å². The quantitative estimate of drug-likeness (QED) is 0.608. The first-order valence-corrected chi connectivity index (χ1v) is 9.26. The first-order valence-electron chi connectivity index (χ1n) is 8.06. The standard InChI is InChI=1S/C20H17ClN2O2S/c21-16-8-6-14(7-9-16)12-22-20(25)23-13-17-10-11-18(26-17)19(24)15-4-2-1-3-5-15/h1-11H,12-13H2,(H2,22,23,25). The maximum absolute atomic E-state index is 12.4. The summed E-state index contributed by atoms with van der Waals surface area (Å²) in [6.45, 7) is 0.796. The molecule has 4 nitrogen and oxygen atoms in total. The number of halogens is 1. The van der Waals surface area contributed by atoms with Gasteiger partial charge < -0.3 is 10.6 Å². The van der Waals surface area contributed by atoms with Crippen molar-refractivity contribution in [3.8, 4) is 0 Å². The van der Waals surface area contributed by atoms with Crippen molar-refractivity contribution in [2.45, 2.75) is 13.1 Å². The SMILES string of the molecule is O=C(NCc1ccc(Cl)cc1)NCc1ccc(C(=O)c2ccccc2)s1. The van der Waals surface area contributed by atoms with Crippen LogP contribution >= 0.6 is 22.9 Å². The summed E-state index contributed by atoms with van der Waals surface area (Å²) in [7, 11) is 0. The van der Waals surface area contributed by atoms with Crippen LogP contribution in [-0.4, -0.2) is 11.8 Å². The van der Waals surface area contributed by atoms with Gasteiger partial charge in [0.25, 0.3) is 0 Å². The number of carbonyl (C=O) groups is 2. The van der Waals surface area contributed by atoms with Crippen LogP contribution in [0.2, 0.25) is 5.02 Å². The van der Waals surface area contributed by atoms with Crippen LogP contribution in [0.25, 0.3) is 0 Å². The predicted octanol–water partition coefficient (Wildman–Crippen LogP) is 4.63. The Labute approximate surface area is 160 Å². The van der Waals surface area contributed by atoms with Crippen LogP contribution in [0.4, 0.5) is 4.79 Å². The molecule has 0 spiro atoms. The van der Waals surface area contributed by atoms with Gasteiger partial charge in [-0.15, -0.1) is 11.3 Å². The summed E-state index contributed by atoms with van der Waals surface area (Å²) in [6, 6.07) is 19.8. The van der Waals surface area contributed by atoms with Crippen molar-refractivity contribution in [3.63, 3.8) is 0 Å². The number of hydrogen-bond acceptors (Lipinski definition) is 3. The summed E-state index contributed by atoms with van der Waals surface area (Å²) in [5.41, 5.74) is 1.63. The maximum Gasteiger partial charge on any atom is 0.315 e. The summed E-state index contributed by atoms with van der Waals surface area (Å²) in [4.78, 5) is 25.9. The summed E-state index contributed by atoms with van der Waals surface area (Å²) < 4.78 is 0. The predicted molar refractivity (Wildman–Crippen MR) is 105 cm³/mol. The van der Waals surface area contributed by atoms with Crippen molar-refractivity contribution < 1.29 is 9.59 Å². The van der Waals surface area contributed by atoms with Gasteiger partial charge in [-0.25, -0.2) is 4.79 Å². The molecule has 0 saturated carbocycles. The fraction of sp³-hybridized carbons (Fsp3) is 0.100. The van der Waals surface area contributed by atoms with Crippen molar-refractivity contribution in [2.24, 2.45) is 0 Å². The molecule has 0 aliphatic rings. The van der Waals surface area contributed by atoms with Crippen LogP contribution in [-0.2, 0) is 13.1 Å². The van der Waals surface area contributed by atoms with Crippen molar-refractivity contribution in [3.05, 3.63) is 92.6 Å². The number of thiophene rings is 1. The number of urea groups is 1. The van der Waals surface area contributed by atoms with E-state index in [0.29, 0.717) is 28.6 Å². The fourth-order valence-corrected chi connectivity index (χ4v) is 3.38. The van der Waals surface area contributed by atoms with E-state index < -0.39 is 0 Å². The normalized spacial score (nSPS) is 10.3. The molecule has 1 aromatic heterocycles. The molecule has 26 heavy (non-hydrogen) atoms. The van der Waals surface area contributed by atoms with Crippen LogP contribution in [0.15, 0.2) is 66.7 Å². The zero-order valence-corrected chi connectivity index (χ0v) is 15.4. The van der Waals surface area contributed by atoms with Crippen LogP contribution in [0.5, 0.6) is 0 Å². The Morgan fingerprint density at radius 3 is 2.27 bits per heavy atom. The molecule has 2 amide bonds. The number of nitrogens with one attached hydrogen (secondary N) is 2. The average molecular weight is 385 g/mol. The first-order chi connectivity index (χ1) is 12.6. The number of ketones is 1. The highest BCUT2D eigenvalue weighted by Crippen LogP contribution is 2.20. The van der Waals surface area contributed by atoms with Crippen molar-refractivity contribution in [2.75, 3.05) is 0 Å². The third-order valence-corrected chi connectivity index (χ3v) is 5.05. The van der Waals surface area contributed by atoms with Crippen LogP contribution in [0.3, 0.4) is 0 Å². The molecule has 3 aromatic rings. The first kappa shape index (κ1) is 18.2. The van der Waals surface area contributed by atoms with E-state index in [9.17, 15) is 9.59 Å². The van der Waals surface area contributed by atoms with E-state index in [-0.39, 0.29) is 11.8 Å². The molecule has 0 saturated heterocycles. The molecule has 0 unspecified atom stereocenters. The molecular weight excluding hydrogens is 368 g/mol. The van der Waals surface area contributed by atoms with Gasteiger partial charge in [-0.05, 0) is 29.8 Å². The summed E-state index contributed by atoms with van der Waals surface area (Å²) in [6.07, 6.45) is 0. The van der Waals surface area contributed by atoms with Crippen LogP contribution in [0, 0.1) is 0 Å². The molecule has 6 heteroatoms. The van der Waals surface area contributed by atoms with Gasteiger partial charge in [-0.1, -0.05) is 54.1 Å². The van der Waals surface area contributed by atoms with Gasteiger partial charge in [0, 0.05) is 22.0 Å². The van der Waals surface area contributed by atoms with E-state index >= 15 is 0 Å². The highest BCUT2D eigenvalue weighted by Gasteiger charge is 2.11. The minimum Gasteiger partial charge on any atom is -0.334 e. The summed E-state index contributed by atoms with van der Waals surface area (Å²) in [5, 5.41) is 6.25. The Hall–Kier alpha value is -2.63.